The Morgan fingerprint density at radius 3 is 2.59 bits per heavy atom. The number of hydrogen-bond donors (Lipinski definition) is 2. The van der Waals surface area contributed by atoms with Crippen molar-refractivity contribution in [2.75, 3.05) is 13.1 Å². The van der Waals surface area contributed by atoms with Gasteiger partial charge in [-0.25, -0.2) is 0 Å². The highest BCUT2D eigenvalue weighted by Crippen LogP contribution is 2.62. The monoisotopic (exact) mass is 238 g/mol. The number of ketones is 2. The standard InChI is InChI=1S/C12H18N2O3/c1-11(2)7-3-4-12(11,9(16)8(7)15)10(17)14-6-5-13/h7H,3-6,13H2,1-2H3,(H,14,17)/t7-,12+/m1/s1. The highest BCUT2D eigenvalue weighted by Gasteiger charge is 2.72. The molecule has 2 atom stereocenters. The lowest BCUT2D eigenvalue weighted by molar-refractivity contribution is -0.149. The van der Waals surface area contributed by atoms with Gasteiger partial charge in [0.1, 0.15) is 5.41 Å². The van der Waals surface area contributed by atoms with Crippen molar-refractivity contribution in [1.82, 2.24) is 5.32 Å². The van der Waals surface area contributed by atoms with Crippen LogP contribution in [0.2, 0.25) is 0 Å². The van der Waals surface area contributed by atoms with Gasteiger partial charge in [-0.05, 0) is 18.3 Å². The summed E-state index contributed by atoms with van der Waals surface area (Å²) in [4.78, 5) is 36.1. The quantitative estimate of drug-likeness (QED) is 0.519. The number of carbonyl (C=O) groups excluding carboxylic acids is 3. The van der Waals surface area contributed by atoms with Gasteiger partial charge in [0.25, 0.3) is 0 Å². The van der Waals surface area contributed by atoms with E-state index in [0.29, 0.717) is 25.9 Å². The average molecular weight is 238 g/mol. The zero-order valence-corrected chi connectivity index (χ0v) is 10.2. The molecular weight excluding hydrogens is 220 g/mol. The molecule has 2 aliphatic carbocycles. The molecule has 3 N–H and O–H groups in total. The molecule has 5 heteroatoms. The van der Waals surface area contributed by atoms with Crippen molar-refractivity contribution in [3.05, 3.63) is 0 Å². The zero-order chi connectivity index (χ0) is 12.8. The lowest BCUT2D eigenvalue weighted by Gasteiger charge is -2.33. The predicted molar refractivity (Wildman–Crippen MR) is 61.0 cm³/mol. The van der Waals surface area contributed by atoms with Gasteiger partial charge in [-0.2, -0.15) is 0 Å². The zero-order valence-electron chi connectivity index (χ0n) is 10.2. The number of Topliss-reactive ketones (excluding diaryl/α,β-unsaturated/α-hetero) is 2. The molecule has 94 valence electrons. The molecule has 0 aromatic heterocycles. The predicted octanol–water partition coefficient (Wildman–Crippen LogP) is -0.364. The molecule has 2 aliphatic rings. The lowest BCUT2D eigenvalue weighted by Crippen LogP contribution is -2.51. The van der Waals surface area contributed by atoms with Crippen molar-refractivity contribution in [1.29, 1.82) is 0 Å². The fraction of sp³-hybridized carbons (Fsp3) is 0.750. The second-order valence-corrected chi connectivity index (χ2v) is 5.46. The van der Waals surface area contributed by atoms with E-state index in [2.05, 4.69) is 5.32 Å². The summed E-state index contributed by atoms with van der Waals surface area (Å²) < 4.78 is 0. The fourth-order valence-electron chi connectivity index (χ4n) is 3.42. The van der Waals surface area contributed by atoms with E-state index in [1.54, 1.807) is 0 Å². The van der Waals surface area contributed by atoms with Crippen molar-refractivity contribution in [2.45, 2.75) is 26.7 Å². The van der Waals surface area contributed by atoms with Gasteiger partial charge in [0.2, 0.25) is 17.5 Å². The molecule has 0 unspecified atom stereocenters. The molecule has 2 bridgehead atoms. The van der Waals surface area contributed by atoms with E-state index >= 15 is 0 Å². The third-order valence-electron chi connectivity index (χ3n) is 4.52. The number of carbonyl (C=O) groups is 3. The van der Waals surface area contributed by atoms with Gasteiger partial charge < -0.3 is 11.1 Å². The van der Waals surface area contributed by atoms with E-state index in [0.717, 1.165) is 0 Å². The van der Waals surface area contributed by atoms with Crippen LogP contribution in [0.4, 0.5) is 0 Å². The summed E-state index contributed by atoms with van der Waals surface area (Å²) in [6.07, 6.45) is 1.11. The Bertz CT molecular complexity index is 403. The Balaban J connectivity index is 2.38. The normalized spacial score (nSPS) is 34.2. The second kappa shape index (κ2) is 3.63. The SMILES string of the molecule is CC1(C)[C@@H]2CC[C@@]1(C(=O)NCCN)C(=O)C2=O. The minimum atomic E-state index is -1.15. The molecule has 0 radical (unpaired) electrons. The van der Waals surface area contributed by atoms with Crippen LogP contribution in [0.25, 0.3) is 0 Å². The molecule has 5 nitrogen and oxygen atoms in total. The maximum absolute atomic E-state index is 12.2. The first-order valence-corrected chi connectivity index (χ1v) is 5.96. The topological polar surface area (TPSA) is 89.3 Å². The summed E-state index contributed by atoms with van der Waals surface area (Å²) in [5.41, 5.74) is 3.61. The first-order valence-electron chi connectivity index (χ1n) is 5.96. The Kier molecular flexibility index (Phi) is 2.61. The van der Waals surface area contributed by atoms with Gasteiger partial charge in [0.05, 0.1) is 0 Å². The summed E-state index contributed by atoms with van der Waals surface area (Å²) in [6.45, 7) is 4.35. The Hall–Kier alpha value is -1.23. The molecule has 2 rings (SSSR count). The van der Waals surface area contributed by atoms with Crippen molar-refractivity contribution in [3.8, 4) is 0 Å². The van der Waals surface area contributed by atoms with Crippen molar-refractivity contribution in [3.63, 3.8) is 0 Å². The van der Waals surface area contributed by atoms with Crippen LogP contribution in [0.5, 0.6) is 0 Å². The van der Waals surface area contributed by atoms with Gasteiger partial charge in [-0.15, -0.1) is 0 Å². The summed E-state index contributed by atoms with van der Waals surface area (Å²) in [5.74, 6) is -1.50. The van der Waals surface area contributed by atoms with Crippen molar-refractivity contribution >= 4 is 17.5 Å². The van der Waals surface area contributed by atoms with E-state index in [9.17, 15) is 14.4 Å². The fourth-order valence-corrected chi connectivity index (χ4v) is 3.42. The Morgan fingerprint density at radius 2 is 2.12 bits per heavy atom. The van der Waals surface area contributed by atoms with Crippen LogP contribution in [0.1, 0.15) is 26.7 Å². The molecule has 0 heterocycles. The van der Waals surface area contributed by atoms with E-state index in [4.69, 9.17) is 5.73 Å². The third kappa shape index (κ3) is 1.26. The number of rotatable bonds is 3. The van der Waals surface area contributed by atoms with Gasteiger partial charge in [-0.1, -0.05) is 13.8 Å². The molecule has 2 fully saturated rings. The molecule has 0 aromatic rings. The van der Waals surface area contributed by atoms with Gasteiger partial charge in [-0.3, -0.25) is 14.4 Å². The molecule has 2 saturated carbocycles. The maximum atomic E-state index is 12.2. The first kappa shape index (κ1) is 12.2. The molecule has 0 aliphatic heterocycles. The molecular formula is C12H18N2O3. The number of hydrogen-bond acceptors (Lipinski definition) is 4. The molecule has 0 spiro atoms. The summed E-state index contributed by atoms with van der Waals surface area (Å²) in [7, 11) is 0. The highest BCUT2D eigenvalue weighted by atomic mass is 16.2. The van der Waals surface area contributed by atoms with E-state index in [-0.39, 0.29) is 17.6 Å². The van der Waals surface area contributed by atoms with Gasteiger partial charge in [0.15, 0.2) is 0 Å². The summed E-state index contributed by atoms with van der Waals surface area (Å²) in [5, 5.41) is 2.66. The number of nitrogens with two attached hydrogens (primary N) is 1. The average Bonchev–Trinajstić information content (AvgIpc) is 2.62. The minimum Gasteiger partial charge on any atom is -0.354 e. The molecule has 17 heavy (non-hydrogen) atoms. The van der Waals surface area contributed by atoms with Crippen LogP contribution in [0.3, 0.4) is 0 Å². The Labute approximate surface area is 100 Å². The highest BCUT2D eigenvalue weighted by molar-refractivity contribution is 6.47. The number of fused-ring (bicyclic) bond motifs is 2. The van der Waals surface area contributed by atoms with E-state index in [1.165, 1.54) is 0 Å². The van der Waals surface area contributed by atoms with Crippen molar-refractivity contribution in [2.24, 2.45) is 22.5 Å². The molecule has 0 aromatic carbocycles. The molecule has 0 saturated heterocycles. The third-order valence-corrected chi connectivity index (χ3v) is 4.52. The number of amides is 1. The molecule has 1 amide bonds. The number of nitrogens with one attached hydrogen (secondary N) is 1. The van der Waals surface area contributed by atoms with Gasteiger partial charge >= 0.3 is 0 Å². The van der Waals surface area contributed by atoms with Crippen molar-refractivity contribution < 1.29 is 14.4 Å². The second-order valence-electron chi connectivity index (χ2n) is 5.46. The largest absolute Gasteiger partial charge is 0.354 e. The van der Waals surface area contributed by atoms with Crippen LogP contribution in [-0.4, -0.2) is 30.6 Å². The van der Waals surface area contributed by atoms with Crippen LogP contribution in [0, 0.1) is 16.7 Å². The first-order chi connectivity index (χ1) is 7.89. The van der Waals surface area contributed by atoms with Gasteiger partial charge in [0, 0.05) is 19.0 Å². The van der Waals surface area contributed by atoms with E-state index in [1.807, 2.05) is 13.8 Å². The van der Waals surface area contributed by atoms with E-state index < -0.39 is 16.6 Å². The lowest BCUT2D eigenvalue weighted by atomic mass is 9.68. The van der Waals surface area contributed by atoms with Crippen LogP contribution in [-0.2, 0) is 14.4 Å². The van der Waals surface area contributed by atoms with Crippen LogP contribution >= 0.6 is 0 Å². The van der Waals surface area contributed by atoms with Crippen LogP contribution < -0.4 is 11.1 Å². The summed E-state index contributed by atoms with van der Waals surface area (Å²) in [6, 6.07) is 0. The smallest absolute Gasteiger partial charge is 0.234 e. The summed E-state index contributed by atoms with van der Waals surface area (Å²) >= 11 is 0. The minimum absolute atomic E-state index is 0.293. The Morgan fingerprint density at radius 1 is 1.47 bits per heavy atom. The van der Waals surface area contributed by atoms with Crippen LogP contribution in [0.15, 0.2) is 0 Å². The maximum Gasteiger partial charge on any atom is 0.234 e.